The zero-order valence-corrected chi connectivity index (χ0v) is 16.7. The fourth-order valence-electron chi connectivity index (χ4n) is 3.03. The van der Waals surface area contributed by atoms with E-state index in [1.54, 1.807) is 17.9 Å². The fraction of sp³-hybridized carbons (Fsp3) is 0.143. The number of rotatable bonds is 5. The van der Waals surface area contributed by atoms with Gasteiger partial charge in [0.05, 0.1) is 23.7 Å². The van der Waals surface area contributed by atoms with Gasteiger partial charge >= 0.3 is 0 Å². The van der Waals surface area contributed by atoms with Gasteiger partial charge in [-0.2, -0.15) is 5.10 Å². The molecule has 0 atom stereocenters. The minimum Gasteiger partial charge on any atom is -0.359 e. The summed E-state index contributed by atoms with van der Waals surface area (Å²) in [5.74, 6) is 1.27. The van der Waals surface area contributed by atoms with Crippen LogP contribution in [0.1, 0.15) is 11.4 Å². The Labute approximate surface area is 172 Å². The highest BCUT2D eigenvalue weighted by atomic mass is 35.5. The van der Waals surface area contributed by atoms with Gasteiger partial charge in [-0.25, -0.2) is 14.6 Å². The normalized spacial score (nSPS) is 10.9. The Morgan fingerprint density at radius 1 is 1.14 bits per heavy atom. The summed E-state index contributed by atoms with van der Waals surface area (Å²) in [6, 6.07) is 15.1. The van der Waals surface area contributed by atoms with E-state index in [4.69, 9.17) is 11.6 Å². The van der Waals surface area contributed by atoms with E-state index in [1.807, 2.05) is 55.5 Å². The van der Waals surface area contributed by atoms with E-state index in [9.17, 15) is 4.79 Å². The van der Waals surface area contributed by atoms with E-state index in [-0.39, 0.29) is 5.91 Å². The van der Waals surface area contributed by atoms with Crippen molar-refractivity contribution in [2.75, 3.05) is 12.4 Å². The maximum atomic E-state index is 11.5. The summed E-state index contributed by atoms with van der Waals surface area (Å²) in [4.78, 5) is 20.6. The summed E-state index contributed by atoms with van der Waals surface area (Å²) in [6.07, 6.45) is 2.08. The van der Waals surface area contributed by atoms with Crippen LogP contribution in [0.15, 0.2) is 54.7 Å². The first-order chi connectivity index (χ1) is 14.0. The van der Waals surface area contributed by atoms with Crippen LogP contribution in [-0.2, 0) is 11.2 Å². The molecule has 4 aromatic rings. The van der Waals surface area contributed by atoms with E-state index >= 15 is 0 Å². The lowest BCUT2D eigenvalue weighted by Gasteiger charge is -2.09. The highest BCUT2D eigenvalue weighted by Gasteiger charge is 2.13. The average molecular weight is 407 g/mol. The van der Waals surface area contributed by atoms with Gasteiger partial charge < -0.3 is 10.6 Å². The number of aromatic nitrogens is 4. The second-order valence-electron chi connectivity index (χ2n) is 6.56. The third kappa shape index (κ3) is 4.05. The molecule has 1 amide bonds. The van der Waals surface area contributed by atoms with Gasteiger partial charge in [-0.1, -0.05) is 29.8 Å². The van der Waals surface area contributed by atoms with Crippen LogP contribution < -0.4 is 10.6 Å². The van der Waals surface area contributed by atoms with E-state index in [2.05, 4.69) is 25.7 Å². The molecule has 29 heavy (non-hydrogen) atoms. The van der Waals surface area contributed by atoms with Crippen molar-refractivity contribution in [2.45, 2.75) is 13.3 Å². The molecule has 0 bridgehead atoms. The molecular weight excluding hydrogens is 388 g/mol. The number of hydrogen-bond donors (Lipinski definition) is 2. The Hall–Kier alpha value is -3.45. The molecule has 0 radical (unpaired) electrons. The molecule has 8 heteroatoms. The summed E-state index contributed by atoms with van der Waals surface area (Å²) in [5, 5.41) is 11.9. The SMILES string of the molecule is CNC(=O)Cc1ccc(Nc2nc(C)nc3c2cnn3-c2cccc(Cl)c2)cc1. The van der Waals surface area contributed by atoms with Crippen LogP contribution in [0.5, 0.6) is 0 Å². The third-order valence-electron chi connectivity index (χ3n) is 4.45. The van der Waals surface area contributed by atoms with Crippen molar-refractivity contribution in [3.8, 4) is 5.69 Å². The largest absolute Gasteiger partial charge is 0.359 e. The van der Waals surface area contributed by atoms with Gasteiger partial charge in [0, 0.05) is 17.8 Å². The molecule has 0 aliphatic heterocycles. The van der Waals surface area contributed by atoms with E-state index in [0.717, 1.165) is 22.3 Å². The van der Waals surface area contributed by atoms with E-state index < -0.39 is 0 Å². The number of fused-ring (bicyclic) bond motifs is 1. The number of carbonyl (C=O) groups excluding carboxylic acids is 1. The molecule has 2 heterocycles. The minimum absolute atomic E-state index is 0.0210. The Morgan fingerprint density at radius 2 is 1.93 bits per heavy atom. The summed E-state index contributed by atoms with van der Waals surface area (Å²) >= 11 is 6.13. The number of likely N-dealkylation sites (N-methyl/N-ethyl adjacent to an activating group) is 1. The third-order valence-corrected chi connectivity index (χ3v) is 4.69. The molecule has 2 aromatic heterocycles. The zero-order valence-electron chi connectivity index (χ0n) is 16.0. The molecule has 2 N–H and O–H groups in total. The smallest absolute Gasteiger partial charge is 0.224 e. The summed E-state index contributed by atoms with van der Waals surface area (Å²) in [7, 11) is 1.63. The Kier molecular flexibility index (Phi) is 5.14. The molecule has 2 aromatic carbocycles. The molecule has 0 fully saturated rings. The molecule has 4 rings (SSSR count). The maximum Gasteiger partial charge on any atom is 0.224 e. The lowest BCUT2D eigenvalue weighted by Crippen LogP contribution is -2.19. The van der Waals surface area contributed by atoms with Crippen molar-refractivity contribution in [1.82, 2.24) is 25.1 Å². The van der Waals surface area contributed by atoms with Gasteiger partial charge in [0.25, 0.3) is 0 Å². The van der Waals surface area contributed by atoms with Crippen molar-refractivity contribution >= 4 is 40.0 Å². The molecule has 0 aliphatic rings. The molecule has 0 unspecified atom stereocenters. The number of hydrogen-bond acceptors (Lipinski definition) is 5. The van der Waals surface area contributed by atoms with E-state index in [0.29, 0.717) is 28.7 Å². The van der Waals surface area contributed by atoms with Crippen molar-refractivity contribution in [2.24, 2.45) is 0 Å². The van der Waals surface area contributed by atoms with Crippen molar-refractivity contribution < 1.29 is 4.79 Å². The van der Waals surface area contributed by atoms with Gasteiger partial charge in [-0.15, -0.1) is 0 Å². The first kappa shape index (κ1) is 18.9. The van der Waals surface area contributed by atoms with Crippen LogP contribution in [0.4, 0.5) is 11.5 Å². The summed E-state index contributed by atoms with van der Waals surface area (Å²) in [6.45, 7) is 1.84. The molecule has 0 saturated heterocycles. The quantitative estimate of drug-likeness (QED) is 0.526. The molecule has 0 saturated carbocycles. The average Bonchev–Trinajstić information content (AvgIpc) is 3.13. The molecular formula is C21H19ClN6O. The number of halogens is 1. The zero-order chi connectivity index (χ0) is 20.4. The highest BCUT2D eigenvalue weighted by Crippen LogP contribution is 2.26. The lowest BCUT2D eigenvalue weighted by molar-refractivity contribution is -0.119. The van der Waals surface area contributed by atoms with Gasteiger partial charge in [0.1, 0.15) is 11.6 Å². The second kappa shape index (κ2) is 7.89. The number of nitrogens with zero attached hydrogens (tertiary/aromatic N) is 4. The number of carbonyl (C=O) groups is 1. The van der Waals surface area contributed by atoms with Crippen molar-refractivity contribution in [3.63, 3.8) is 0 Å². The Balaban J connectivity index is 1.67. The van der Waals surface area contributed by atoms with Crippen LogP contribution >= 0.6 is 11.6 Å². The standard InChI is InChI=1S/C21H19ClN6O/c1-13-25-20(27-16-8-6-14(7-9-16)10-19(29)23-2)18-12-24-28(21(18)26-13)17-5-3-4-15(22)11-17/h3-9,11-12H,10H2,1-2H3,(H,23,29)(H,25,26,27). The fourth-order valence-corrected chi connectivity index (χ4v) is 3.21. The maximum absolute atomic E-state index is 11.5. The van der Waals surface area contributed by atoms with Crippen LogP contribution in [-0.4, -0.2) is 32.7 Å². The predicted octanol–water partition coefficient (Wildman–Crippen LogP) is 3.81. The number of aryl methyl sites for hydroxylation is 1. The highest BCUT2D eigenvalue weighted by molar-refractivity contribution is 6.30. The molecule has 0 spiro atoms. The first-order valence-electron chi connectivity index (χ1n) is 9.08. The Bertz CT molecular complexity index is 1190. The number of amides is 1. The van der Waals surface area contributed by atoms with Gasteiger partial charge in [0.15, 0.2) is 5.65 Å². The van der Waals surface area contributed by atoms with Crippen molar-refractivity contribution in [1.29, 1.82) is 0 Å². The van der Waals surface area contributed by atoms with Gasteiger partial charge in [-0.05, 0) is 42.8 Å². The Morgan fingerprint density at radius 3 is 2.66 bits per heavy atom. The predicted molar refractivity (Wildman–Crippen MR) is 114 cm³/mol. The second-order valence-corrected chi connectivity index (χ2v) is 7.00. The number of nitrogens with one attached hydrogen (secondary N) is 2. The van der Waals surface area contributed by atoms with Crippen LogP contribution in [0.2, 0.25) is 5.02 Å². The monoisotopic (exact) mass is 406 g/mol. The molecule has 146 valence electrons. The first-order valence-corrected chi connectivity index (χ1v) is 9.46. The van der Waals surface area contributed by atoms with Crippen molar-refractivity contribution in [3.05, 3.63) is 71.1 Å². The van der Waals surface area contributed by atoms with Crippen LogP contribution in [0.25, 0.3) is 16.7 Å². The molecule has 0 aliphatic carbocycles. The number of benzene rings is 2. The summed E-state index contributed by atoms with van der Waals surface area (Å²) < 4.78 is 1.74. The van der Waals surface area contributed by atoms with E-state index in [1.165, 1.54) is 0 Å². The minimum atomic E-state index is -0.0210. The molecule has 7 nitrogen and oxygen atoms in total. The van der Waals surface area contributed by atoms with Crippen LogP contribution in [0, 0.1) is 6.92 Å². The van der Waals surface area contributed by atoms with Gasteiger partial charge in [-0.3, -0.25) is 4.79 Å². The van der Waals surface area contributed by atoms with Crippen LogP contribution in [0.3, 0.4) is 0 Å². The number of anilines is 2. The lowest BCUT2D eigenvalue weighted by atomic mass is 10.1. The topological polar surface area (TPSA) is 84.7 Å². The summed E-state index contributed by atoms with van der Waals surface area (Å²) in [5.41, 5.74) is 3.32. The van der Waals surface area contributed by atoms with Gasteiger partial charge in [0.2, 0.25) is 5.91 Å².